The van der Waals surface area contributed by atoms with Gasteiger partial charge in [-0.15, -0.1) is 0 Å². The number of nitrogens with zero attached hydrogens (tertiary/aromatic N) is 1. The van der Waals surface area contributed by atoms with Gasteiger partial charge >= 0.3 is 11.9 Å². The molecule has 3 rings (SSSR count). The third kappa shape index (κ3) is 38.8. The molecule has 468 valence electrons. The molecule has 8 nitrogen and oxygen atoms in total. The maximum absolute atomic E-state index is 13.5. The maximum atomic E-state index is 13.5. The Morgan fingerprint density at radius 1 is 0.494 bits per heavy atom. The van der Waals surface area contributed by atoms with Crippen molar-refractivity contribution in [3.63, 3.8) is 0 Å². The van der Waals surface area contributed by atoms with Crippen molar-refractivity contribution in [2.24, 2.45) is 34.0 Å². The van der Waals surface area contributed by atoms with Gasteiger partial charge in [0.25, 0.3) is 0 Å². The molecule has 8 heteroatoms. The van der Waals surface area contributed by atoms with E-state index < -0.39 is 0 Å². The summed E-state index contributed by atoms with van der Waals surface area (Å²) in [5, 5.41) is 0. The van der Waals surface area contributed by atoms with E-state index >= 15 is 0 Å². The Kier molecular flexibility index (Phi) is 45.5. The summed E-state index contributed by atoms with van der Waals surface area (Å²) >= 11 is 0. The molecule has 3 aliphatic carbocycles. The summed E-state index contributed by atoms with van der Waals surface area (Å²) in [6, 6.07) is 0. The molecule has 79 heavy (non-hydrogen) atoms. The van der Waals surface area contributed by atoms with E-state index in [1.807, 2.05) is 0 Å². The average molecular weight is 1120 g/mol. The Morgan fingerprint density at radius 2 is 0.899 bits per heavy atom. The van der Waals surface area contributed by atoms with Gasteiger partial charge < -0.3 is 28.6 Å². The second-order valence-electron chi connectivity index (χ2n) is 26.8. The first-order chi connectivity index (χ1) is 38.1. The van der Waals surface area contributed by atoms with Gasteiger partial charge in [0.15, 0.2) is 0 Å². The van der Waals surface area contributed by atoms with E-state index in [1.165, 1.54) is 167 Å². The van der Waals surface area contributed by atoms with Crippen LogP contribution in [0.25, 0.3) is 0 Å². The van der Waals surface area contributed by atoms with Gasteiger partial charge in [0.05, 0.1) is 37.8 Å². The number of fused-ring (bicyclic) bond motifs is 2. The molecule has 2 bridgehead atoms. The molecule has 3 fully saturated rings. The van der Waals surface area contributed by atoms with E-state index in [0.717, 1.165) is 103 Å². The number of unbranched alkanes of at least 4 members (excludes halogenated alkanes) is 22. The Labute approximate surface area is 492 Å². The van der Waals surface area contributed by atoms with Crippen LogP contribution in [0.3, 0.4) is 0 Å². The fourth-order valence-electron chi connectivity index (χ4n) is 13.1. The lowest BCUT2D eigenvalue weighted by Crippen LogP contribution is -2.52. The van der Waals surface area contributed by atoms with Gasteiger partial charge in [0.2, 0.25) is 0 Å². The molecule has 0 radical (unpaired) electrons. The van der Waals surface area contributed by atoms with Crippen molar-refractivity contribution in [3.05, 3.63) is 12.3 Å². The predicted molar refractivity (Wildman–Crippen MR) is 339 cm³/mol. The largest absolute Gasteiger partial charge is 0.498 e. The molecular weight excluding hydrogens is 979 g/mol. The van der Waals surface area contributed by atoms with Crippen molar-refractivity contribution < 1.29 is 33.3 Å². The highest BCUT2D eigenvalue weighted by Gasteiger charge is 2.55. The van der Waals surface area contributed by atoms with E-state index in [-0.39, 0.29) is 40.4 Å². The summed E-state index contributed by atoms with van der Waals surface area (Å²) in [5.74, 6) is 2.01. The number of ether oxygens (including phenoxy) is 5. The zero-order valence-electron chi connectivity index (χ0n) is 55.1. The highest BCUT2D eigenvalue weighted by molar-refractivity contribution is 5.69. The van der Waals surface area contributed by atoms with Gasteiger partial charge in [-0.1, -0.05) is 244 Å². The van der Waals surface area contributed by atoms with Crippen molar-refractivity contribution in [2.75, 3.05) is 52.7 Å². The smallest absolute Gasteiger partial charge is 0.305 e. The molecule has 6 unspecified atom stereocenters. The van der Waals surface area contributed by atoms with Crippen LogP contribution in [-0.4, -0.2) is 81.7 Å². The molecule has 0 aliphatic heterocycles. The van der Waals surface area contributed by atoms with Gasteiger partial charge in [-0.25, -0.2) is 0 Å². The van der Waals surface area contributed by atoms with Crippen LogP contribution >= 0.6 is 0 Å². The first-order valence-corrected chi connectivity index (χ1v) is 34.7. The van der Waals surface area contributed by atoms with Crippen LogP contribution in [0.1, 0.15) is 333 Å². The quantitative estimate of drug-likeness (QED) is 0.0338. The molecule has 0 aromatic heterocycles. The van der Waals surface area contributed by atoms with E-state index in [2.05, 4.69) is 94.6 Å². The number of esters is 2. The van der Waals surface area contributed by atoms with Crippen molar-refractivity contribution in [2.45, 2.75) is 346 Å². The molecule has 0 aromatic rings. The zero-order chi connectivity index (χ0) is 58.5. The van der Waals surface area contributed by atoms with E-state index in [1.54, 1.807) is 0 Å². The van der Waals surface area contributed by atoms with Crippen LogP contribution in [0, 0.1) is 34.0 Å². The summed E-state index contributed by atoms with van der Waals surface area (Å²) in [6.07, 6.45) is 46.5. The van der Waals surface area contributed by atoms with Crippen molar-refractivity contribution >= 4 is 11.9 Å². The monoisotopic (exact) mass is 1120 g/mol. The highest BCUT2D eigenvalue weighted by Crippen LogP contribution is 2.61. The minimum absolute atomic E-state index is 0.0576. The second kappa shape index (κ2) is 47.7. The van der Waals surface area contributed by atoms with Crippen LogP contribution in [0.2, 0.25) is 0 Å². The normalized spacial score (nSPS) is 21.4. The highest BCUT2D eigenvalue weighted by atomic mass is 16.5. The average Bonchev–Trinajstić information content (AvgIpc) is 4.28. The zero-order valence-corrected chi connectivity index (χ0v) is 55.1. The third-order valence-electron chi connectivity index (χ3n) is 17.7. The summed E-state index contributed by atoms with van der Waals surface area (Å²) in [4.78, 5) is 29.3. The summed E-state index contributed by atoms with van der Waals surface area (Å²) < 4.78 is 31.5. The fraction of sp³-hybridized carbons (Fsp3) is 0.944. The van der Waals surface area contributed by atoms with Gasteiger partial charge in [-0.2, -0.15) is 0 Å². The molecule has 0 heterocycles. The van der Waals surface area contributed by atoms with Crippen molar-refractivity contribution in [1.82, 2.24) is 4.90 Å². The van der Waals surface area contributed by atoms with E-state index in [0.29, 0.717) is 56.8 Å². The van der Waals surface area contributed by atoms with Gasteiger partial charge in [-0.3, -0.25) is 9.59 Å². The lowest BCUT2D eigenvalue weighted by atomic mass is 9.49. The maximum Gasteiger partial charge on any atom is 0.305 e. The van der Waals surface area contributed by atoms with Crippen LogP contribution in [0.4, 0.5) is 0 Å². The standard InChI is InChI=1S/C53H97NO7.2C9H20/c1-10-14-16-18-20-22-33-57-47(43(5)6)28-30-49(55)60-41-52(9)36-45-35-51(8,40-59-44(7)25-24-32-54(12-3)13-4)38-53(37-45,39-52)42-61-50(56)31-29-48(46-26-27-46)58-34-23-21-19-17-15-11-2;2*1-3-5-7-9-8-6-4-2/h43,45-48H,7,10-42H2,1-6,8-9H3;2*3-9H2,1-2H3. The second-order valence-corrected chi connectivity index (χ2v) is 26.8. The topological polar surface area (TPSA) is 83.5 Å². The molecule has 3 aliphatic rings. The number of hydrogen-bond acceptors (Lipinski definition) is 8. The molecule has 0 amide bonds. The Hall–Kier alpha value is -1.64. The Morgan fingerprint density at radius 3 is 1.33 bits per heavy atom. The number of carbonyl (C=O) groups excluding carboxylic acids is 2. The summed E-state index contributed by atoms with van der Waals surface area (Å²) in [7, 11) is 0. The number of carbonyl (C=O) groups is 2. The third-order valence-corrected chi connectivity index (χ3v) is 17.7. The molecule has 6 atom stereocenters. The predicted octanol–water partition coefficient (Wildman–Crippen LogP) is 20.9. The van der Waals surface area contributed by atoms with Crippen LogP contribution in [0.5, 0.6) is 0 Å². The molecule has 0 aromatic carbocycles. The summed E-state index contributed by atoms with van der Waals surface area (Å²) in [5.41, 5.74) is -0.441. The molecule has 3 saturated carbocycles. The van der Waals surface area contributed by atoms with Crippen molar-refractivity contribution in [3.8, 4) is 0 Å². The first kappa shape index (κ1) is 75.4. The lowest BCUT2D eigenvalue weighted by Gasteiger charge is -2.57. The first-order valence-electron chi connectivity index (χ1n) is 34.7. The van der Waals surface area contributed by atoms with Crippen LogP contribution in [0.15, 0.2) is 12.3 Å². The van der Waals surface area contributed by atoms with Crippen molar-refractivity contribution in [1.29, 1.82) is 0 Å². The minimum Gasteiger partial charge on any atom is -0.498 e. The van der Waals surface area contributed by atoms with E-state index in [4.69, 9.17) is 23.7 Å². The molecular formula is C71H137NO7. The SMILES string of the molecule is C=C(CCCN(CC)CC)OCC1(C)CC2CC(C)(COC(=O)CCC(OCCCCCCCC)C(C)C)CC(COC(=O)CCC(OCCCCCCCC)C3CC3)(C2)C1.CCCCCCCCC.CCCCCCCCC. The molecule has 0 saturated heterocycles. The molecule has 0 N–H and O–H groups in total. The van der Waals surface area contributed by atoms with Crippen LogP contribution < -0.4 is 0 Å². The molecule has 0 spiro atoms. The number of rotatable bonds is 49. The number of allylic oxidation sites excluding steroid dienone is 1. The minimum atomic E-state index is -0.197. The van der Waals surface area contributed by atoms with Gasteiger partial charge in [0, 0.05) is 48.7 Å². The number of hydrogen-bond donors (Lipinski definition) is 0. The summed E-state index contributed by atoms with van der Waals surface area (Å²) in [6.45, 7) is 37.5. The van der Waals surface area contributed by atoms with Gasteiger partial charge in [-0.05, 0) is 114 Å². The lowest BCUT2D eigenvalue weighted by molar-refractivity contribution is -0.166. The fourth-order valence-corrected chi connectivity index (χ4v) is 13.1. The van der Waals surface area contributed by atoms with Crippen LogP contribution in [-0.2, 0) is 33.3 Å². The Balaban J connectivity index is 0.00000147. The Bertz CT molecular complexity index is 1420. The van der Waals surface area contributed by atoms with Gasteiger partial charge in [0.1, 0.15) is 0 Å². The van der Waals surface area contributed by atoms with E-state index in [9.17, 15) is 9.59 Å².